The Hall–Kier alpha value is -4.11. The summed E-state index contributed by atoms with van der Waals surface area (Å²) in [6.45, 7) is 0. The van der Waals surface area contributed by atoms with Gasteiger partial charge < -0.3 is 13.9 Å². The van der Waals surface area contributed by atoms with Crippen molar-refractivity contribution < 1.29 is 22.3 Å². The van der Waals surface area contributed by atoms with Gasteiger partial charge >= 0.3 is 0 Å². The number of hydrogen-bond donors (Lipinski definition) is 0. The summed E-state index contributed by atoms with van der Waals surface area (Å²) in [7, 11) is -0.797. The minimum Gasteiger partial charge on any atom is -0.493 e. The standard InChI is InChI=1S/C24H19N3O5S/c1-30-21-10-7-17(12-22(21)31-2)20-14-27(24-19(20)4-3-11-26-24)33(28,29)18-8-5-16(6-9-18)23-13-25-15-32-23/h3-15H,1-2H3. The van der Waals surface area contributed by atoms with Crippen molar-refractivity contribution in [2.24, 2.45) is 0 Å². The second-order valence-corrected chi connectivity index (χ2v) is 8.99. The van der Waals surface area contributed by atoms with Crippen molar-refractivity contribution in [3.63, 3.8) is 0 Å². The van der Waals surface area contributed by atoms with Crippen molar-refractivity contribution in [3.05, 3.63) is 79.6 Å². The van der Waals surface area contributed by atoms with Gasteiger partial charge in [0.2, 0.25) is 0 Å². The molecule has 8 nitrogen and oxygen atoms in total. The van der Waals surface area contributed by atoms with Crippen molar-refractivity contribution in [1.82, 2.24) is 13.9 Å². The zero-order valence-electron chi connectivity index (χ0n) is 17.8. The molecule has 0 spiro atoms. The molecule has 0 saturated heterocycles. The van der Waals surface area contributed by atoms with Gasteiger partial charge in [0.1, 0.15) is 0 Å². The molecular weight excluding hydrogens is 442 g/mol. The Morgan fingerprint density at radius 2 is 1.70 bits per heavy atom. The van der Waals surface area contributed by atoms with E-state index in [0.29, 0.717) is 33.9 Å². The van der Waals surface area contributed by atoms with Crippen LogP contribution >= 0.6 is 0 Å². The maximum absolute atomic E-state index is 13.6. The van der Waals surface area contributed by atoms with Gasteiger partial charge in [0.15, 0.2) is 29.3 Å². The lowest BCUT2D eigenvalue weighted by molar-refractivity contribution is 0.355. The summed E-state index contributed by atoms with van der Waals surface area (Å²) in [5.74, 6) is 1.69. The van der Waals surface area contributed by atoms with Crippen LogP contribution in [0.2, 0.25) is 0 Å². The predicted octanol–water partition coefficient (Wildman–Crippen LogP) is 4.61. The molecule has 0 atom stereocenters. The second-order valence-electron chi connectivity index (χ2n) is 7.18. The third-order valence-electron chi connectivity index (χ3n) is 5.35. The summed E-state index contributed by atoms with van der Waals surface area (Å²) in [6.07, 6.45) is 6.05. The lowest BCUT2D eigenvalue weighted by Gasteiger charge is -2.09. The van der Waals surface area contributed by atoms with Crippen LogP contribution in [0, 0.1) is 0 Å². The van der Waals surface area contributed by atoms with E-state index in [1.807, 2.05) is 18.2 Å². The molecule has 3 heterocycles. The fraction of sp³-hybridized carbons (Fsp3) is 0.0833. The molecule has 0 radical (unpaired) electrons. The summed E-state index contributed by atoms with van der Waals surface area (Å²) in [4.78, 5) is 8.38. The Kier molecular flexibility index (Phi) is 5.10. The van der Waals surface area contributed by atoms with Crippen molar-refractivity contribution in [2.75, 3.05) is 14.2 Å². The first-order chi connectivity index (χ1) is 16.0. The number of aromatic nitrogens is 3. The molecule has 9 heteroatoms. The van der Waals surface area contributed by atoms with Gasteiger partial charge in [-0.2, -0.15) is 0 Å². The van der Waals surface area contributed by atoms with E-state index in [1.165, 1.54) is 22.5 Å². The highest BCUT2D eigenvalue weighted by Gasteiger charge is 2.23. The largest absolute Gasteiger partial charge is 0.493 e. The Morgan fingerprint density at radius 1 is 0.939 bits per heavy atom. The zero-order valence-corrected chi connectivity index (χ0v) is 18.6. The molecule has 0 N–H and O–H groups in total. The predicted molar refractivity (Wildman–Crippen MR) is 123 cm³/mol. The molecule has 0 fully saturated rings. The van der Waals surface area contributed by atoms with Gasteiger partial charge in [-0.1, -0.05) is 6.07 Å². The van der Waals surface area contributed by atoms with Crippen LogP contribution in [0.25, 0.3) is 33.5 Å². The third-order valence-corrected chi connectivity index (χ3v) is 7.02. The topological polar surface area (TPSA) is 96.5 Å². The van der Waals surface area contributed by atoms with Crippen LogP contribution in [0.15, 0.2) is 88.9 Å². The molecular formula is C24H19N3O5S. The summed E-state index contributed by atoms with van der Waals surface area (Å²) in [5.41, 5.74) is 2.55. The van der Waals surface area contributed by atoms with Gasteiger partial charge in [-0.25, -0.2) is 22.4 Å². The highest BCUT2D eigenvalue weighted by atomic mass is 32.2. The van der Waals surface area contributed by atoms with Gasteiger partial charge in [0.05, 0.1) is 25.3 Å². The van der Waals surface area contributed by atoms with E-state index in [9.17, 15) is 8.42 Å². The smallest absolute Gasteiger partial charge is 0.269 e. The van der Waals surface area contributed by atoms with Gasteiger partial charge in [-0.05, 0) is 54.1 Å². The van der Waals surface area contributed by atoms with Crippen molar-refractivity contribution in [3.8, 4) is 33.9 Å². The number of benzene rings is 2. The molecule has 0 aliphatic heterocycles. The molecule has 0 aliphatic carbocycles. The van der Waals surface area contributed by atoms with Crippen LogP contribution in [0.4, 0.5) is 0 Å². The molecule has 0 saturated carbocycles. The fourth-order valence-electron chi connectivity index (χ4n) is 3.71. The van der Waals surface area contributed by atoms with Gasteiger partial charge in [0, 0.05) is 28.9 Å². The highest BCUT2D eigenvalue weighted by Crippen LogP contribution is 2.37. The zero-order chi connectivity index (χ0) is 23.0. The normalized spacial score (nSPS) is 11.6. The van der Waals surface area contributed by atoms with E-state index in [2.05, 4.69) is 9.97 Å². The number of ether oxygens (including phenoxy) is 2. The Labute approximate surface area is 190 Å². The van der Waals surface area contributed by atoms with E-state index in [0.717, 1.165) is 11.1 Å². The van der Waals surface area contributed by atoms with Crippen LogP contribution in [0.5, 0.6) is 11.5 Å². The number of methoxy groups -OCH3 is 2. The fourth-order valence-corrected chi connectivity index (χ4v) is 5.04. The van der Waals surface area contributed by atoms with E-state index in [4.69, 9.17) is 13.9 Å². The average molecular weight is 461 g/mol. The SMILES string of the molecule is COc1ccc(-c2cn(S(=O)(=O)c3ccc(-c4cnco4)cc3)c3ncccc23)cc1OC. The van der Waals surface area contributed by atoms with Crippen LogP contribution in [0.1, 0.15) is 0 Å². The highest BCUT2D eigenvalue weighted by molar-refractivity contribution is 7.90. The molecule has 0 aliphatic rings. The minimum absolute atomic E-state index is 0.132. The van der Waals surface area contributed by atoms with Crippen LogP contribution < -0.4 is 9.47 Å². The molecule has 0 amide bonds. The van der Waals surface area contributed by atoms with Crippen LogP contribution in [0.3, 0.4) is 0 Å². The van der Waals surface area contributed by atoms with E-state index in [-0.39, 0.29) is 4.90 Å². The third kappa shape index (κ3) is 3.52. The summed E-state index contributed by atoms with van der Waals surface area (Å²) < 4.78 is 44.3. The van der Waals surface area contributed by atoms with E-state index >= 15 is 0 Å². The molecule has 33 heavy (non-hydrogen) atoms. The molecule has 5 rings (SSSR count). The molecule has 2 aromatic carbocycles. The molecule has 166 valence electrons. The van der Waals surface area contributed by atoms with Gasteiger partial charge in [-0.3, -0.25) is 0 Å². The van der Waals surface area contributed by atoms with Crippen LogP contribution in [-0.4, -0.2) is 36.6 Å². The summed E-state index contributed by atoms with van der Waals surface area (Å²) >= 11 is 0. The number of nitrogens with zero attached hydrogens (tertiary/aromatic N) is 3. The Morgan fingerprint density at radius 3 is 2.39 bits per heavy atom. The van der Waals surface area contributed by atoms with Gasteiger partial charge in [-0.15, -0.1) is 0 Å². The molecule has 0 bridgehead atoms. The minimum atomic E-state index is -3.91. The van der Waals surface area contributed by atoms with E-state index < -0.39 is 10.0 Å². The molecule has 3 aromatic heterocycles. The first-order valence-electron chi connectivity index (χ1n) is 9.96. The maximum Gasteiger partial charge on any atom is 0.269 e. The number of oxazole rings is 1. The first kappa shape index (κ1) is 20.8. The van der Waals surface area contributed by atoms with E-state index in [1.54, 1.807) is 57.1 Å². The first-order valence-corrected chi connectivity index (χ1v) is 11.4. The van der Waals surface area contributed by atoms with Crippen LogP contribution in [-0.2, 0) is 10.0 Å². The summed E-state index contributed by atoms with van der Waals surface area (Å²) in [5, 5.41) is 0.701. The summed E-state index contributed by atoms with van der Waals surface area (Å²) in [6, 6.07) is 15.5. The number of rotatable bonds is 6. The second kappa shape index (κ2) is 8.10. The Bertz CT molecular complexity index is 1540. The lowest BCUT2D eigenvalue weighted by atomic mass is 10.1. The average Bonchev–Trinajstić information content (AvgIpc) is 3.52. The van der Waals surface area contributed by atoms with Crippen molar-refractivity contribution >= 4 is 21.1 Å². The maximum atomic E-state index is 13.6. The Balaban J connectivity index is 1.63. The number of fused-ring (bicyclic) bond motifs is 1. The van der Waals surface area contributed by atoms with Crippen molar-refractivity contribution in [1.29, 1.82) is 0 Å². The number of hydrogen-bond acceptors (Lipinski definition) is 7. The molecule has 5 aromatic rings. The number of pyridine rings is 1. The lowest BCUT2D eigenvalue weighted by Crippen LogP contribution is -2.12. The van der Waals surface area contributed by atoms with Crippen molar-refractivity contribution in [2.45, 2.75) is 4.90 Å². The monoisotopic (exact) mass is 461 g/mol. The van der Waals surface area contributed by atoms with Gasteiger partial charge in [0.25, 0.3) is 10.0 Å². The quantitative estimate of drug-likeness (QED) is 0.364. The molecule has 0 unspecified atom stereocenters.